The summed E-state index contributed by atoms with van der Waals surface area (Å²) in [5, 5.41) is 3.87. The Morgan fingerprint density at radius 2 is 2.11 bits per heavy atom. The fraction of sp³-hybridized carbons (Fsp3) is 0.538. The number of hydrogen-bond acceptors (Lipinski definition) is 3. The van der Waals surface area contributed by atoms with Gasteiger partial charge in [-0.15, -0.1) is 0 Å². The summed E-state index contributed by atoms with van der Waals surface area (Å²) in [6.45, 7) is 0. The normalized spacial score (nSPS) is 23.7. The van der Waals surface area contributed by atoms with E-state index in [0.717, 1.165) is 22.7 Å². The van der Waals surface area contributed by atoms with Crippen molar-refractivity contribution in [3.05, 3.63) is 28.5 Å². The Bertz CT molecular complexity index is 402. The summed E-state index contributed by atoms with van der Waals surface area (Å²) in [6.07, 6.45) is 8.34. The molecule has 1 aliphatic carbocycles. The van der Waals surface area contributed by atoms with E-state index in [-0.39, 0.29) is 5.91 Å². The lowest BCUT2D eigenvalue weighted by Gasteiger charge is -2.28. The second kappa shape index (κ2) is 6.57. The maximum atomic E-state index is 12.0. The largest absolute Gasteiger partial charge is 0.349 e. The maximum Gasteiger partial charge on any atom is 0.253 e. The zero-order valence-corrected chi connectivity index (χ0v) is 12.8. The number of rotatable bonds is 3. The van der Waals surface area contributed by atoms with Gasteiger partial charge in [-0.25, -0.2) is 4.98 Å². The number of carbonyl (C=O) groups is 1. The summed E-state index contributed by atoms with van der Waals surface area (Å²) in [6, 6.07) is 3.91. The molecule has 1 saturated carbocycles. The van der Waals surface area contributed by atoms with Crippen LogP contribution in [0.4, 0.5) is 0 Å². The number of aromatic nitrogens is 1. The quantitative estimate of drug-likeness (QED) is 0.866. The van der Waals surface area contributed by atoms with Crippen molar-refractivity contribution in [1.29, 1.82) is 0 Å². The monoisotopic (exact) mass is 328 g/mol. The van der Waals surface area contributed by atoms with E-state index >= 15 is 0 Å². The Labute approximate surface area is 120 Å². The Morgan fingerprint density at radius 3 is 2.67 bits per heavy atom. The Kier molecular flexibility index (Phi) is 5.06. The van der Waals surface area contributed by atoms with Crippen molar-refractivity contribution in [1.82, 2.24) is 10.3 Å². The van der Waals surface area contributed by atoms with Gasteiger partial charge in [0, 0.05) is 17.5 Å². The van der Waals surface area contributed by atoms with E-state index in [1.807, 2.05) is 11.8 Å². The zero-order chi connectivity index (χ0) is 13.0. The molecular formula is C13H17BrN2OS. The Balaban J connectivity index is 1.86. The van der Waals surface area contributed by atoms with E-state index in [1.54, 1.807) is 18.3 Å². The molecule has 1 N–H and O–H groups in total. The molecule has 1 aliphatic rings. The molecule has 0 aliphatic heterocycles. The third-order valence-electron chi connectivity index (χ3n) is 3.33. The molecule has 5 heteroatoms. The van der Waals surface area contributed by atoms with Crippen LogP contribution in [0, 0.1) is 0 Å². The molecule has 1 amide bonds. The first-order valence-corrected chi connectivity index (χ1v) is 8.22. The van der Waals surface area contributed by atoms with Crippen LogP contribution in [0.5, 0.6) is 0 Å². The molecule has 0 atom stereocenters. The number of thioether (sulfide) groups is 1. The van der Waals surface area contributed by atoms with Crippen LogP contribution in [0.15, 0.2) is 22.9 Å². The van der Waals surface area contributed by atoms with Gasteiger partial charge < -0.3 is 5.32 Å². The highest BCUT2D eigenvalue weighted by atomic mass is 79.9. The molecule has 0 aromatic carbocycles. The van der Waals surface area contributed by atoms with Crippen molar-refractivity contribution in [3.8, 4) is 0 Å². The maximum absolute atomic E-state index is 12.0. The summed E-state index contributed by atoms with van der Waals surface area (Å²) in [7, 11) is 0. The lowest BCUT2D eigenvalue weighted by Crippen LogP contribution is -2.38. The summed E-state index contributed by atoms with van der Waals surface area (Å²) in [5.74, 6) is -0.0115. The smallest absolute Gasteiger partial charge is 0.253 e. The van der Waals surface area contributed by atoms with Crippen LogP contribution in [0.2, 0.25) is 0 Å². The molecule has 2 rings (SSSR count). The fourth-order valence-corrected chi connectivity index (χ4v) is 3.20. The summed E-state index contributed by atoms with van der Waals surface area (Å²) in [4.78, 5) is 16.1. The van der Waals surface area contributed by atoms with Crippen LogP contribution in [0.3, 0.4) is 0 Å². The van der Waals surface area contributed by atoms with Crippen molar-refractivity contribution in [2.24, 2.45) is 0 Å². The lowest BCUT2D eigenvalue weighted by molar-refractivity contribution is 0.0928. The molecule has 1 aromatic rings. The molecule has 3 nitrogen and oxygen atoms in total. The molecule has 0 saturated heterocycles. The summed E-state index contributed by atoms with van der Waals surface area (Å²) < 4.78 is 0.750. The Hall–Kier alpha value is -0.550. The highest BCUT2D eigenvalue weighted by Gasteiger charge is 2.22. The van der Waals surface area contributed by atoms with Gasteiger partial charge in [-0.2, -0.15) is 11.8 Å². The van der Waals surface area contributed by atoms with Crippen LogP contribution >= 0.6 is 27.7 Å². The first-order chi connectivity index (χ1) is 8.69. The van der Waals surface area contributed by atoms with E-state index < -0.39 is 0 Å². The van der Waals surface area contributed by atoms with Gasteiger partial charge in [-0.3, -0.25) is 4.79 Å². The van der Waals surface area contributed by atoms with E-state index in [0.29, 0.717) is 11.6 Å². The third-order valence-corrected chi connectivity index (χ3v) is 4.94. The highest BCUT2D eigenvalue weighted by Crippen LogP contribution is 2.26. The summed E-state index contributed by atoms with van der Waals surface area (Å²) >= 11 is 5.20. The van der Waals surface area contributed by atoms with Crippen LogP contribution < -0.4 is 5.32 Å². The van der Waals surface area contributed by atoms with Gasteiger partial charge in [0.1, 0.15) is 4.60 Å². The van der Waals surface area contributed by atoms with Crippen molar-refractivity contribution in [2.75, 3.05) is 6.26 Å². The number of carbonyl (C=O) groups excluding carboxylic acids is 1. The van der Waals surface area contributed by atoms with Gasteiger partial charge in [0.15, 0.2) is 0 Å². The van der Waals surface area contributed by atoms with Gasteiger partial charge in [0.2, 0.25) is 0 Å². The molecule has 0 radical (unpaired) electrons. The first-order valence-electron chi connectivity index (χ1n) is 6.14. The van der Waals surface area contributed by atoms with Crippen LogP contribution in [-0.2, 0) is 0 Å². The second-order valence-corrected chi connectivity index (χ2v) is 6.50. The van der Waals surface area contributed by atoms with E-state index in [4.69, 9.17) is 0 Å². The van der Waals surface area contributed by atoms with Gasteiger partial charge in [0.05, 0.1) is 5.56 Å². The molecule has 0 bridgehead atoms. The molecule has 1 fully saturated rings. The lowest BCUT2D eigenvalue weighted by atomic mass is 9.95. The van der Waals surface area contributed by atoms with E-state index in [1.165, 1.54) is 12.8 Å². The molecule has 0 unspecified atom stereocenters. The minimum Gasteiger partial charge on any atom is -0.349 e. The zero-order valence-electron chi connectivity index (χ0n) is 10.4. The van der Waals surface area contributed by atoms with Gasteiger partial charge in [0.25, 0.3) is 5.91 Å². The van der Waals surface area contributed by atoms with Crippen LogP contribution in [0.1, 0.15) is 36.0 Å². The third kappa shape index (κ3) is 3.72. The number of pyridine rings is 1. The van der Waals surface area contributed by atoms with E-state index in [2.05, 4.69) is 32.5 Å². The minimum absolute atomic E-state index is 0.0115. The standard InChI is InChI=1S/C13H17BrN2OS/c1-18-11-5-3-10(4-6-11)16-13(17)9-2-7-12(14)15-8-9/h2,7-8,10-11H,3-6H2,1H3,(H,16,17). The van der Waals surface area contributed by atoms with Gasteiger partial charge in [-0.05, 0) is 60.0 Å². The molecular weight excluding hydrogens is 312 g/mol. The van der Waals surface area contributed by atoms with Crippen molar-refractivity contribution in [2.45, 2.75) is 37.0 Å². The Morgan fingerprint density at radius 1 is 1.39 bits per heavy atom. The SMILES string of the molecule is CSC1CCC(NC(=O)c2ccc(Br)nc2)CC1. The minimum atomic E-state index is -0.0115. The molecule has 1 aromatic heterocycles. The highest BCUT2D eigenvalue weighted by molar-refractivity contribution is 9.10. The molecule has 98 valence electrons. The van der Waals surface area contributed by atoms with Crippen molar-refractivity contribution in [3.63, 3.8) is 0 Å². The van der Waals surface area contributed by atoms with Gasteiger partial charge in [-0.1, -0.05) is 0 Å². The summed E-state index contributed by atoms with van der Waals surface area (Å²) in [5.41, 5.74) is 0.630. The topological polar surface area (TPSA) is 42.0 Å². The predicted molar refractivity (Wildman–Crippen MR) is 79.0 cm³/mol. The average Bonchev–Trinajstić information content (AvgIpc) is 2.40. The first kappa shape index (κ1) is 13.9. The number of nitrogens with zero attached hydrogens (tertiary/aromatic N) is 1. The number of halogens is 1. The van der Waals surface area contributed by atoms with Crippen molar-refractivity contribution >= 4 is 33.6 Å². The number of amides is 1. The van der Waals surface area contributed by atoms with Crippen molar-refractivity contribution < 1.29 is 4.79 Å². The predicted octanol–water partition coefficient (Wildman–Crippen LogP) is 3.25. The average molecular weight is 329 g/mol. The second-order valence-electron chi connectivity index (χ2n) is 4.55. The van der Waals surface area contributed by atoms with Gasteiger partial charge >= 0.3 is 0 Å². The number of nitrogens with one attached hydrogen (secondary N) is 1. The van der Waals surface area contributed by atoms with Crippen LogP contribution in [-0.4, -0.2) is 28.4 Å². The molecule has 18 heavy (non-hydrogen) atoms. The molecule has 0 spiro atoms. The molecule has 1 heterocycles. The van der Waals surface area contributed by atoms with Crippen LogP contribution in [0.25, 0.3) is 0 Å². The van der Waals surface area contributed by atoms with E-state index in [9.17, 15) is 4.79 Å². The fourth-order valence-electron chi connectivity index (χ4n) is 2.22. The number of hydrogen-bond donors (Lipinski definition) is 1.